The van der Waals surface area contributed by atoms with E-state index >= 15 is 0 Å². The van der Waals surface area contributed by atoms with Crippen LogP contribution in [0.2, 0.25) is 0 Å². The van der Waals surface area contributed by atoms with Gasteiger partial charge in [0, 0.05) is 0 Å². The molecule has 1 nitrogen and oxygen atoms in total. The summed E-state index contributed by atoms with van der Waals surface area (Å²) in [4.78, 5) is 0. The van der Waals surface area contributed by atoms with Crippen molar-refractivity contribution >= 4 is 0 Å². The van der Waals surface area contributed by atoms with Crippen LogP contribution in [-0.4, -0.2) is 12.2 Å². The topological polar surface area (TPSA) is 12.5 Å². The fourth-order valence-electron chi connectivity index (χ4n) is 1.28. The molecule has 0 N–H and O–H groups in total. The Kier molecular flexibility index (Phi) is 1.80. The summed E-state index contributed by atoms with van der Waals surface area (Å²) in [5.74, 6) is 0.706. The second kappa shape index (κ2) is 2.30. The van der Waals surface area contributed by atoms with Gasteiger partial charge in [-0.2, -0.15) is 0 Å². The molecule has 9 heavy (non-hydrogen) atoms. The molecule has 0 saturated carbocycles. The van der Waals surface area contributed by atoms with Gasteiger partial charge < -0.3 is 4.74 Å². The van der Waals surface area contributed by atoms with Crippen molar-refractivity contribution in [1.82, 2.24) is 0 Å². The molecule has 1 unspecified atom stereocenters. The van der Waals surface area contributed by atoms with Crippen LogP contribution in [0.3, 0.4) is 0 Å². The van der Waals surface area contributed by atoms with E-state index in [0.29, 0.717) is 11.5 Å². The van der Waals surface area contributed by atoms with Crippen molar-refractivity contribution in [3.05, 3.63) is 0 Å². The third-order valence-electron chi connectivity index (χ3n) is 2.24. The maximum atomic E-state index is 5.40. The summed E-state index contributed by atoms with van der Waals surface area (Å²) in [6.07, 6.45) is 2.49. The first-order valence-corrected chi connectivity index (χ1v) is 3.85. The van der Waals surface area contributed by atoms with E-state index in [1.807, 2.05) is 0 Å². The maximum absolute atomic E-state index is 5.40. The number of hydrogen-bond acceptors (Lipinski definition) is 1. The average molecular weight is 128 g/mol. The molecule has 0 spiro atoms. The minimum Gasteiger partial charge on any atom is -0.369 e. The zero-order valence-corrected chi connectivity index (χ0v) is 6.61. The quantitative estimate of drug-likeness (QED) is 0.531. The SMILES string of the molecule is CCCC1(C(C)C)CO1. The van der Waals surface area contributed by atoms with E-state index in [0.717, 1.165) is 6.61 Å². The highest BCUT2D eigenvalue weighted by Gasteiger charge is 2.46. The van der Waals surface area contributed by atoms with Crippen molar-refractivity contribution in [3.8, 4) is 0 Å². The third-order valence-corrected chi connectivity index (χ3v) is 2.24. The Bertz CT molecular complexity index is 92.7. The molecule has 0 aliphatic carbocycles. The molecule has 1 fully saturated rings. The summed E-state index contributed by atoms with van der Waals surface area (Å²) in [6.45, 7) is 7.69. The van der Waals surface area contributed by atoms with Crippen LogP contribution in [0.5, 0.6) is 0 Å². The molecule has 0 radical (unpaired) electrons. The fraction of sp³-hybridized carbons (Fsp3) is 1.00. The first-order valence-electron chi connectivity index (χ1n) is 3.85. The predicted molar refractivity (Wildman–Crippen MR) is 38.4 cm³/mol. The Balaban J connectivity index is 2.33. The molecule has 1 heteroatoms. The second-order valence-electron chi connectivity index (χ2n) is 3.26. The van der Waals surface area contributed by atoms with Gasteiger partial charge in [0.25, 0.3) is 0 Å². The van der Waals surface area contributed by atoms with Crippen LogP contribution in [-0.2, 0) is 4.74 Å². The van der Waals surface area contributed by atoms with Crippen LogP contribution in [0.4, 0.5) is 0 Å². The molecule has 1 aliphatic rings. The molecule has 1 atom stereocenters. The normalized spacial score (nSPS) is 33.3. The molecule has 0 aromatic carbocycles. The Morgan fingerprint density at radius 2 is 2.11 bits per heavy atom. The standard InChI is InChI=1S/C8H16O/c1-4-5-8(6-9-8)7(2)3/h7H,4-6H2,1-3H3. The van der Waals surface area contributed by atoms with Crippen molar-refractivity contribution < 1.29 is 4.74 Å². The molecule has 0 bridgehead atoms. The van der Waals surface area contributed by atoms with Crippen molar-refractivity contribution in [1.29, 1.82) is 0 Å². The van der Waals surface area contributed by atoms with Gasteiger partial charge in [0.2, 0.25) is 0 Å². The van der Waals surface area contributed by atoms with Crippen molar-refractivity contribution in [2.75, 3.05) is 6.61 Å². The highest BCUT2D eigenvalue weighted by Crippen LogP contribution is 2.39. The van der Waals surface area contributed by atoms with Crippen LogP contribution < -0.4 is 0 Å². The largest absolute Gasteiger partial charge is 0.369 e. The van der Waals surface area contributed by atoms with E-state index in [-0.39, 0.29) is 0 Å². The summed E-state index contributed by atoms with van der Waals surface area (Å²) in [5, 5.41) is 0. The lowest BCUT2D eigenvalue weighted by Gasteiger charge is -2.13. The molecule has 1 heterocycles. The summed E-state index contributed by atoms with van der Waals surface area (Å²) in [6, 6.07) is 0. The number of hydrogen-bond donors (Lipinski definition) is 0. The third kappa shape index (κ3) is 1.26. The molecule has 1 saturated heterocycles. The van der Waals surface area contributed by atoms with E-state index in [1.54, 1.807) is 0 Å². The van der Waals surface area contributed by atoms with Gasteiger partial charge in [-0.3, -0.25) is 0 Å². The van der Waals surface area contributed by atoms with Crippen LogP contribution in [0, 0.1) is 5.92 Å². The minimum atomic E-state index is 0.300. The maximum Gasteiger partial charge on any atom is 0.0939 e. The monoisotopic (exact) mass is 128 g/mol. The average Bonchev–Trinajstić information content (AvgIpc) is 2.49. The smallest absolute Gasteiger partial charge is 0.0939 e. The Morgan fingerprint density at radius 3 is 2.22 bits per heavy atom. The van der Waals surface area contributed by atoms with Gasteiger partial charge in [0.05, 0.1) is 12.2 Å². The van der Waals surface area contributed by atoms with E-state index in [9.17, 15) is 0 Å². The lowest BCUT2D eigenvalue weighted by Crippen LogP contribution is -2.18. The van der Waals surface area contributed by atoms with E-state index in [1.165, 1.54) is 12.8 Å². The highest BCUT2D eigenvalue weighted by molar-refractivity contribution is 4.94. The highest BCUT2D eigenvalue weighted by atomic mass is 16.6. The number of epoxide rings is 1. The summed E-state index contributed by atoms with van der Waals surface area (Å²) in [7, 11) is 0. The van der Waals surface area contributed by atoms with Crippen molar-refractivity contribution in [3.63, 3.8) is 0 Å². The Hall–Kier alpha value is -0.0400. The van der Waals surface area contributed by atoms with Gasteiger partial charge in [0.1, 0.15) is 0 Å². The van der Waals surface area contributed by atoms with E-state index in [2.05, 4.69) is 20.8 Å². The van der Waals surface area contributed by atoms with Gasteiger partial charge in [-0.15, -0.1) is 0 Å². The van der Waals surface area contributed by atoms with Gasteiger partial charge in [-0.1, -0.05) is 27.2 Å². The first kappa shape index (κ1) is 7.07. The molecule has 0 aromatic heterocycles. The fourth-order valence-corrected chi connectivity index (χ4v) is 1.28. The lowest BCUT2D eigenvalue weighted by atomic mass is 9.92. The van der Waals surface area contributed by atoms with Gasteiger partial charge in [0.15, 0.2) is 0 Å². The predicted octanol–water partition coefficient (Wildman–Crippen LogP) is 2.21. The van der Waals surface area contributed by atoms with E-state index < -0.39 is 0 Å². The Labute approximate surface area is 57.4 Å². The summed E-state index contributed by atoms with van der Waals surface area (Å²) in [5.41, 5.74) is 0.300. The van der Waals surface area contributed by atoms with Crippen molar-refractivity contribution in [2.24, 2.45) is 5.92 Å². The minimum absolute atomic E-state index is 0.300. The van der Waals surface area contributed by atoms with Gasteiger partial charge in [-0.25, -0.2) is 0 Å². The second-order valence-corrected chi connectivity index (χ2v) is 3.26. The molecule has 1 rings (SSSR count). The molecule has 1 aliphatic heterocycles. The molecule has 0 aromatic rings. The van der Waals surface area contributed by atoms with Crippen molar-refractivity contribution in [2.45, 2.75) is 39.2 Å². The van der Waals surface area contributed by atoms with E-state index in [4.69, 9.17) is 4.74 Å². The zero-order valence-electron chi connectivity index (χ0n) is 6.61. The Morgan fingerprint density at radius 1 is 1.56 bits per heavy atom. The first-order chi connectivity index (χ1) is 4.21. The van der Waals surface area contributed by atoms with Gasteiger partial charge in [-0.05, 0) is 12.3 Å². The number of rotatable bonds is 3. The van der Waals surface area contributed by atoms with Crippen LogP contribution in [0.25, 0.3) is 0 Å². The molecule has 0 amide bonds. The lowest BCUT2D eigenvalue weighted by molar-refractivity contribution is 0.225. The van der Waals surface area contributed by atoms with Crippen LogP contribution in [0.1, 0.15) is 33.6 Å². The van der Waals surface area contributed by atoms with Gasteiger partial charge >= 0.3 is 0 Å². The van der Waals surface area contributed by atoms with Crippen LogP contribution >= 0.6 is 0 Å². The molecular formula is C8H16O. The number of ether oxygens (including phenoxy) is 1. The summed E-state index contributed by atoms with van der Waals surface area (Å²) < 4.78 is 5.40. The molecule has 54 valence electrons. The van der Waals surface area contributed by atoms with Crippen LogP contribution in [0.15, 0.2) is 0 Å². The molecular weight excluding hydrogens is 112 g/mol. The zero-order chi connectivity index (χ0) is 6.91. The summed E-state index contributed by atoms with van der Waals surface area (Å²) >= 11 is 0.